The van der Waals surface area contributed by atoms with Crippen molar-refractivity contribution in [1.82, 2.24) is 28.3 Å². The average Bonchev–Trinajstić information content (AvgIpc) is 3.48. The van der Waals surface area contributed by atoms with Crippen molar-refractivity contribution in [1.29, 1.82) is 0 Å². The third-order valence-electron chi connectivity index (χ3n) is 6.75. The predicted octanol–water partition coefficient (Wildman–Crippen LogP) is 3.08. The molecule has 0 bridgehead atoms. The lowest BCUT2D eigenvalue weighted by molar-refractivity contribution is 0.505. The van der Waals surface area contributed by atoms with Crippen LogP contribution in [0, 0.1) is 18.8 Å². The molecule has 1 aliphatic rings. The van der Waals surface area contributed by atoms with Gasteiger partial charge in [-0.1, -0.05) is 38.5 Å². The zero-order valence-electron chi connectivity index (χ0n) is 20.7. The molecule has 0 unspecified atom stereocenters. The van der Waals surface area contributed by atoms with E-state index < -0.39 is 20.0 Å². The molecule has 4 aromatic rings. The summed E-state index contributed by atoms with van der Waals surface area (Å²) in [4.78, 5) is 4.58. The molecule has 5 rings (SSSR count). The molecule has 1 aliphatic carbocycles. The maximum absolute atomic E-state index is 13.4. The summed E-state index contributed by atoms with van der Waals surface area (Å²) in [6.45, 7) is 7.74. The van der Waals surface area contributed by atoms with Crippen molar-refractivity contribution in [2.75, 3.05) is 5.75 Å². The normalized spacial score (nSPS) is 21.2. The van der Waals surface area contributed by atoms with Gasteiger partial charge in [0, 0.05) is 18.2 Å². The molecule has 10 nitrogen and oxygen atoms in total. The molecule has 0 radical (unpaired) electrons. The van der Waals surface area contributed by atoms with Crippen LogP contribution in [0.15, 0.2) is 47.6 Å². The minimum atomic E-state index is -3.85. The summed E-state index contributed by atoms with van der Waals surface area (Å²) in [5, 5.41) is 8.71. The van der Waals surface area contributed by atoms with E-state index in [0.717, 1.165) is 5.56 Å². The average molecular weight is 531 g/mol. The second-order valence-corrected chi connectivity index (χ2v) is 13.8. The molecular weight excluding hydrogens is 500 g/mol. The van der Waals surface area contributed by atoms with E-state index in [0.29, 0.717) is 29.8 Å². The van der Waals surface area contributed by atoms with Gasteiger partial charge in [0.25, 0.3) is 10.0 Å². The maximum atomic E-state index is 13.4. The van der Waals surface area contributed by atoms with Crippen LogP contribution in [0.3, 0.4) is 0 Å². The van der Waals surface area contributed by atoms with Crippen LogP contribution < -0.4 is 4.72 Å². The highest BCUT2D eigenvalue weighted by Crippen LogP contribution is 2.40. The molecule has 3 heterocycles. The van der Waals surface area contributed by atoms with E-state index in [1.807, 2.05) is 25.2 Å². The topological polar surface area (TPSA) is 128 Å². The van der Waals surface area contributed by atoms with E-state index in [4.69, 9.17) is 0 Å². The fourth-order valence-corrected chi connectivity index (χ4v) is 8.13. The summed E-state index contributed by atoms with van der Waals surface area (Å²) in [5.74, 6) is 0.922. The van der Waals surface area contributed by atoms with E-state index in [-0.39, 0.29) is 40.1 Å². The van der Waals surface area contributed by atoms with Gasteiger partial charge in [-0.2, -0.15) is 0 Å². The van der Waals surface area contributed by atoms with Crippen molar-refractivity contribution in [3.63, 3.8) is 0 Å². The third kappa shape index (κ3) is 4.41. The Balaban J connectivity index is 1.52. The Morgan fingerprint density at radius 1 is 1.06 bits per heavy atom. The van der Waals surface area contributed by atoms with Gasteiger partial charge < -0.3 is 0 Å². The van der Waals surface area contributed by atoms with Gasteiger partial charge in [-0.3, -0.25) is 4.40 Å². The van der Waals surface area contributed by atoms with Gasteiger partial charge in [0.05, 0.1) is 22.4 Å². The van der Waals surface area contributed by atoms with Gasteiger partial charge in [0.1, 0.15) is 5.82 Å². The van der Waals surface area contributed by atoms with Crippen molar-refractivity contribution >= 4 is 36.9 Å². The number of fused-ring (bicyclic) bond motifs is 3. The van der Waals surface area contributed by atoms with E-state index in [2.05, 4.69) is 26.8 Å². The van der Waals surface area contributed by atoms with Gasteiger partial charge in [-0.25, -0.2) is 30.5 Å². The number of benzene rings is 1. The zero-order valence-corrected chi connectivity index (χ0v) is 22.3. The largest absolute Gasteiger partial charge is 0.274 e. The summed E-state index contributed by atoms with van der Waals surface area (Å²) < 4.78 is 57.6. The number of rotatable bonds is 7. The van der Waals surface area contributed by atoms with Gasteiger partial charge in [-0.05, 0) is 49.8 Å². The molecule has 1 fully saturated rings. The molecule has 12 heteroatoms. The van der Waals surface area contributed by atoms with E-state index in [1.54, 1.807) is 30.3 Å². The summed E-state index contributed by atoms with van der Waals surface area (Å²) in [6, 6.07) is 8.20. The Labute approximate surface area is 210 Å². The Morgan fingerprint density at radius 3 is 2.47 bits per heavy atom. The highest BCUT2D eigenvalue weighted by molar-refractivity contribution is 7.90. The van der Waals surface area contributed by atoms with E-state index in [1.165, 1.54) is 16.4 Å². The molecule has 0 amide bonds. The quantitative estimate of drug-likeness (QED) is 0.389. The summed E-state index contributed by atoms with van der Waals surface area (Å²) in [5.41, 5.74) is 2.35. The Kier molecular flexibility index (Phi) is 6.16. The molecule has 1 aromatic carbocycles. The lowest BCUT2D eigenvalue weighted by Gasteiger charge is -2.15. The third-order valence-corrected chi connectivity index (χ3v) is 10.2. The maximum Gasteiger partial charge on any atom is 0.269 e. The minimum absolute atomic E-state index is 0.0403. The van der Waals surface area contributed by atoms with Crippen LogP contribution in [0.5, 0.6) is 0 Å². The number of sulfonamides is 1. The van der Waals surface area contributed by atoms with Crippen LogP contribution in [0.2, 0.25) is 0 Å². The Hall–Kier alpha value is -2.83. The molecule has 1 N–H and O–H groups in total. The molecule has 0 saturated heterocycles. The van der Waals surface area contributed by atoms with Crippen LogP contribution in [0.4, 0.5) is 0 Å². The summed E-state index contributed by atoms with van der Waals surface area (Å²) >= 11 is 0. The van der Waals surface area contributed by atoms with Gasteiger partial charge in [-0.15, -0.1) is 10.2 Å². The monoisotopic (exact) mass is 530 g/mol. The molecule has 36 heavy (non-hydrogen) atoms. The lowest BCUT2D eigenvalue weighted by atomic mass is 9.97. The van der Waals surface area contributed by atoms with Crippen molar-refractivity contribution in [3.8, 4) is 0 Å². The molecule has 0 aliphatic heterocycles. The standard InChI is InChI=1S/C24H30N6O4S2/c1-15(2)14-35(31,32)28-18-11-17(4)20(12-18)23-27-26-22-13-25-24-21(30(22)23)9-10-29(24)36(33,34)19-7-5-16(3)6-8-19/h5-10,13,15,17-18,20,28H,11-12,14H2,1-4H3/t17-,18+,20+/m1/s1. The van der Waals surface area contributed by atoms with Crippen molar-refractivity contribution < 1.29 is 16.8 Å². The highest BCUT2D eigenvalue weighted by atomic mass is 32.2. The first-order valence-electron chi connectivity index (χ1n) is 12.0. The molecular formula is C24H30N6O4S2. The zero-order chi connectivity index (χ0) is 25.8. The van der Waals surface area contributed by atoms with Gasteiger partial charge >= 0.3 is 0 Å². The van der Waals surface area contributed by atoms with Crippen molar-refractivity contribution in [2.45, 2.75) is 57.4 Å². The molecule has 3 aromatic heterocycles. The number of aromatic nitrogens is 5. The van der Waals surface area contributed by atoms with E-state index >= 15 is 0 Å². The minimum Gasteiger partial charge on any atom is -0.274 e. The van der Waals surface area contributed by atoms with E-state index in [9.17, 15) is 16.8 Å². The first-order valence-corrected chi connectivity index (χ1v) is 15.1. The fourth-order valence-electron chi connectivity index (χ4n) is 5.16. The van der Waals surface area contributed by atoms with Crippen LogP contribution >= 0.6 is 0 Å². The second kappa shape index (κ2) is 8.93. The Bertz CT molecular complexity index is 1640. The Morgan fingerprint density at radius 2 is 1.78 bits per heavy atom. The summed E-state index contributed by atoms with van der Waals surface area (Å²) in [7, 11) is -7.22. The highest BCUT2D eigenvalue weighted by Gasteiger charge is 2.37. The van der Waals surface area contributed by atoms with Crippen LogP contribution in [-0.2, 0) is 20.0 Å². The first kappa shape index (κ1) is 24.8. The number of aryl methyl sites for hydroxylation is 1. The van der Waals surface area contributed by atoms with Gasteiger partial charge in [0.2, 0.25) is 10.0 Å². The number of nitrogens with zero attached hydrogens (tertiary/aromatic N) is 5. The predicted molar refractivity (Wildman–Crippen MR) is 137 cm³/mol. The molecule has 192 valence electrons. The summed E-state index contributed by atoms with van der Waals surface area (Å²) in [6.07, 6.45) is 4.29. The SMILES string of the molecule is Cc1ccc(S(=O)(=O)n2ccc3c2ncc2nnc([C@H]4C[C@@H](NS(=O)(=O)CC(C)C)C[C@H]4C)n23)cc1. The number of hydrogen-bond acceptors (Lipinski definition) is 7. The van der Waals surface area contributed by atoms with Gasteiger partial charge in [0.15, 0.2) is 11.3 Å². The molecule has 0 spiro atoms. The number of hydrogen-bond donors (Lipinski definition) is 1. The second-order valence-electron chi connectivity index (χ2n) is 10.2. The van der Waals surface area contributed by atoms with Crippen LogP contribution in [-0.4, -0.2) is 52.2 Å². The molecule has 3 atom stereocenters. The van der Waals surface area contributed by atoms with Crippen LogP contribution in [0.1, 0.15) is 50.9 Å². The van der Waals surface area contributed by atoms with Crippen molar-refractivity contribution in [3.05, 3.63) is 54.1 Å². The lowest BCUT2D eigenvalue weighted by Crippen LogP contribution is -2.36. The fraction of sp³-hybridized carbons (Fsp3) is 0.458. The first-order chi connectivity index (χ1) is 17.0. The molecule has 1 saturated carbocycles. The number of nitrogens with one attached hydrogen (secondary N) is 1. The van der Waals surface area contributed by atoms with Crippen molar-refractivity contribution in [2.24, 2.45) is 11.8 Å². The van der Waals surface area contributed by atoms with Crippen LogP contribution in [0.25, 0.3) is 16.8 Å². The smallest absolute Gasteiger partial charge is 0.269 e.